The number of carbonyl (C=O) groups excluding carboxylic acids is 1. The third kappa shape index (κ3) is 5.77. The molecular weight excluding hydrogens is 380 g/mol. The van der Waals surface area contributed by atoms with Gasteiger partial charge >= 0.3 is 6.61 Å². The Morgan fingerprint density at radius 2 is 1.96 bits per heavy atom. The lowest BCUT2D eigenvalue weighted by Gasteiger charge is -2.08. The fourth-order valence-corrected chi connectivity index (χ4v) is 2.35. The SMILES string of the molecule is Cc1ccc(CNC(=O)/C=C/c2cc(Br)ccc2OC(F)F)cc1. The van der Waals surface area contributed by atoms with Gasteiger partial charge in [0.2, 0.25) is 5.91 Å². The van der Waals surface area contributed by atoms with Crippen LogP contribution in [0.1, 0.15) is 16.7 Å². The van der Waals surface area contributed by atoms with Gasteiger partial charge in [-0.25, -0.2) is 0 Å². The van der Waals surface area contributed by atoms with Crippen molar-refractivity contribution < 1.29 is 18.3 Å². The number of amides is 1. The Hall–Kier alpha value is -2.21. The average molecular weight is 396 g/mol. The van der Waals surface area contributed by atoms with Gasteiger partial charge in [-0.1, -0.05) is 45.8 Å². The van der Waals surface area contributed by atoms with Crippen molar-refractivity contribution in [3.8, 4) is 5.75 Å². The second-order valence-corrected chi connectivity index (χ2v) is 6.01. The predicted octanol–water partition coefficient (Wildman–Crippen LogP) is 4.69. The summed E-state index contributed by atoms with van der Waals surface area (Å²) < 4.78 is 29.9. The molecule has 0 fully saturated rings. The van der Waals surface area contributed by atoms with Crippen LogP contribution in [0.25, 0.3) is 6.08 Å². The molecule has 1 amide bonds. The van der Waals surface area contributed by atoms with E-state index in [1.807, 2.05) is 31.2 Å². The highest BCUT2D eigenvalue weighted by atomic mass is 79.9. The number of nitrogens with one attached hydrogen (secondary N) is 1. The van der Waals surface area contributed by atoms with Crippen LogP contribution in [0.15, 0.2) is 53.0 Å². The van der Waals surface area contributed by atoms with Crippen LogP contribution in [0.2, 0.25) is 0 Å². The molecular formula is C18H16BrF2NO2. The van der Waals surface area contributed by atoms with Crippen LogP contribution >= 0.6 is 15.9 Å². The van der Waals surface area contributed by atoms with E-state index in [1.54, 1.807) is 12.1 Å². The van der Waals surface area contributed by atoms with Crippen LogP contribution in [0, 0.1) is 6.92 Å². The molecule has 2 aromatic carbocycles. The number of aryl methyl sites for hydroxylation is 1. The molecule has 0 aliphatic carbocycles. The highest BCUT2D eigenvalue weighted by Crippen LogP contribution is 2.25. The lowest BCUT2D eigenvalue weighted by molar-refractivity contribution is -0.116. The Balaban J connectivity index is 2.00. The van der Waals surface area contributed by atoms with E-state index >= 15 is 0 Å². The van der Waals surface area contributed by atoms with Gasteiger partial charge in [0.15, 0.2) is 0 Å². The Kier molecular flexibility index (Phi) is 6.49. The molecule has 6 heteroatoms. The minimum atomic E-state index is -2.92. The summed E-state index contributed by atoms with van der Waals surface area (Å²) in [5.74, 6) is -0.311. The maximum absolute atomic E-state index is 12.4. The van der Waals surface area contributed by atoms with Crippen molar-refractivity contribution in [1.29, 1.82) is 0 Å². The summed E-state index contributed by atoms with van der Waals surface area (Å²) in [7, 11) is 0. The molecule has 0 radical (unpaired) electrons. The summed E-state index contributed by atoms with van der Waals surface area (Å²) in [5, 5.41) is 2.74. The number of carbonyl (C=O) groups is 1. The van der Waals surface area contributed by atoms with E-state index in [1.165, 1.54) is 18.2 Å². The first-order valence-electron chi connectivity index (χ1n) is 7.20. The van der Waals surface area contributed by atoms with E-state index in [-0.39, 0.29) is 11.7 Å². The monoisotopic (exact) mass is 395 g/mol. The summed E-state index contributed by atoms with van der Waals surface area (Å²) >= 11 is 3.26. The van der Waals surface area contributed by atoms with Gasteiger partial charge in [0.05, 0.1) is 0 Å². The van der Waals surface area contributed by atoms with Gasteiger partial charge < -0.3 is 10.1 Å². The van der Waals surface area contributed by atoms with E-state index in [9.17, 15) is 13.6 Å². The number of alkyl halides is 2. The first-order valence-corrected chi connectivity index (χ1v) is 7.99. The van der Waals surface area contributed by atoms with Gasteiger partial charge in [0.25, 0.3) is 0 Å². The molecule has 2 aromatic rings. The van der Waals surface area contributed by atoms with Gasteiger partial charge in [0, 0.05) is 22.7 Å². The second-order valence-electron chi connectivity index (χ2n) is 5.10. The molecule has 24 heavy (non-hydrogen) atoms. The fraction of sp³-hybridized carbons (Fsp3) is 0.167. The third-order valence-electron chi connectivity index (χ3n) is 3.19. The zero-order chi connectivity index (χ0) is 17.5. The number of hydrogen-bond donors (Lipinski definition) is 1. The number of hydrogen-bond acceptors (Lipinski definition) is 2. The zero-order valence-corrected chi connectivity index (χ0v) is 14.5. The zero-order valence-electron chi connectivity index (χ0n) is 12.9. The summed E-state index contributed by atoms with van der Waals surface area (Å²) in [6.45, 7) is -0.543. The Morgan fingerprint density at radius 3 is 2.62 bits per heavy atom. The maximum atomic E-state index is 12.4. The van der Waals surface area contributed by atoms with Crippen LogP contribution in [0.3, 0.4) is 0 Å². The smallest absolute Gasteiger partial charge is 0.387 e. The first kappa shape index (κ1) is 18.1. The Morgan fingerprint density at radius 1 is 1.25 bits per heavy atom. The molecule has 0 aromatic heterocycles. The number of halogens is 3. The Labute approximate surface area is 147 Å². The van der Waals surface area contributed by atoms with Crippen LogP contribution in [0.5, 0.6) is 5.75 Å². The minimum absolute atomic E-state index is 0.00999. The van der Waals surface area contributed by atoms with Gasteiger partial charge in [-0.2, -0.15) is 8.78 Å². The van der Waals surface area contributed by atoms with Gasteiger partial charge in [-0.15, -0.1) is 0 Å². The number of rotatable bonds is 6. The summed E-state index contributed by atoms with van der Waals surface area (Å²) in [4.78, 5) is 11.9. The quantitative estimate of drug-likeness (QED) is 0.720. The van der Waals surface area contributed by atoms with Crippen molar-refractivity contribution >= 4 is 27.9 Å². The van der Waals surface area contributed by atoms with Crippen LogP contribution < -0.4 is 10.1 Å². The highest BCUT2D eigenvalue weighted by molar-refractivity contribution is 9.10. The normalized spacial score (nSPS) is 11.0. The molecule has 1 N–H and O–H groups in total. The van der Waals surface area contributed by atoms with E-state index in [0.29, 0.717) is 16.6 Å². The van der Waals surface area contributed by atoms with Crippen molar-refractivity contribution in [2.75, 3.05) is 0 Å². The molecule has 0 heterocycles. The lowest BCUT2D eigenvalue weighted by Crippen LogP contribution is -2.20. The standard InChI is InChI=1S/C18H16BrF2NO2/c1-12-2-4-13(5-3-12)11-22-17(23)9-6-14-10-15(19)7-8-16(14)24-18(20)21/h2-10,18H,11H2,1H3,(H,22,23)/b9-6+. The molecule has 0 aliphatic rings. The molecule has 2 rings (SSSR count). The van der Waals surface area contributed by atoms with Gasteiger partial charge in [0.1, 0.15) is 5.75 Å². The largest absolute Gasteiger partial charge is 0.434 e. The topological polar surface area (TPSA) is 38.3 Å². The molecule has 0 saturated carbocycles. The molecule has 0 unspecified atom stereocenters. The minimum Gasteiger partial charge on any atom is -0.434 e. The average Bonchev–Trinajstić information content (AvgIpc) is 2.54. The van der Waals surface area contributed by atoms with Crippen LogP contribution in [-0.4, -0.2) is 12.5 Å². The summed E-state index contributed by atoms with van der Waals surface area (Å²) in [5.41, 5.74) is 2.51. The van der Waals surface area contributed by atoms with Crippen LogP contribution in [0.4, 0.5) is 8.78 Å². The molecule has 0 atom stereocenters. The van der Waals surface area contributed by atoms with Crippen molar-refractivity contribution in [3.63, 3.8) is 0 Å². The molecule has 0 aliphatic heterocycles. The van der Waals surface area contributed by atoms with E-state index in [4.69, 9.17) is 0 Å². The predicted molar refractivity (Wildman–Crippen MR) is 92.8 cm³/mol. The molecule has 0 saturated heterocycles. The summed E-state index contributed by atoms with van der Waals surface area (Å²) in [6.07, 6.45) is 2.72. The van der Waals surface area contributed by atoms with E-state index in [2.05, 4.69) is 26.0 Å². The van der Waals surface area contributed by atoms with Gasteiger partial charge in [-0.3, -0.25) is 4.79 Å². The number of ether oxygens (including phenoxy) is 1. The van der Waals surface area contributed by atoms with E-state index < -0.39 is 6.61 Å². The van der Waals surface area contributed by atoms with Crippen molar-refractivity contribution in [1.82, 2.24) is 5.32 Å². The first-order chi connectivity index (χ1) is 11.4. The molecule has 0 bridgehead atoms. The lowest BCUT2D eigenvalue weighted by atomic mass is 10.1. The fourth-order valence-electron chi connectivity index (χ4n) is 1.97. The Bertz CT molecular complexity index is 730. The summed E-state index contributed by atoms with van der Waals surface area (Å²) in [6, 6.07) is 12.4. The van der Waals surface area contributed by atoms with E-state index in [0.717, 1.165) is 11.1 Å². The highest BCUT2D eigenvalue weighted by Gasteiger charge is 2.08. The molecule has 3 nitrogen and oxygen atoms in total. The second kappa shape index (κ2) is 8.59. The van der Waals surface area contributed by atoms with Crippen molar-refractivity contribution in [2.24, 2.45) is 0 Å². The molecule has 0 spiro atoms. The maximum Gasteiger partial charge on any atom is 0.387 e. The van der Waals surface area contributed by atoms with Crippen LogP contribution in [-0.2, 0) is 11.3 Å². The molecule has 126 valence electrons. The van der Waals surface area contributed by atoms with Crippen molar-refractivity contribution in [2.45, 2.75) is 20.1 Å². The third-order valence-corrected chi connectivity index (χ3v) is 3.68. The van der Waals surface area contributed by atoms with Crippen molar-refractivity contribution in [3.05, 3.63) is 69.7 Å². The number of benzene rings is 2. The van der Waals surface area contributed by atoms with Gasteiger partial charge in [-0.05, 0) is 36.8 Å².